The second-order valence-corrected chi connectivity index (χ2v) is 11.6. The van der Waals surface area contributed by atoms with Gasteiger partial charge in [0.15, 0.2) is 5.11 Å². The van der Waals surface area contributed by atoms with E-state index in [4.69, 9.17) is 23.8 Å². The van der Waals surface area contributed by atoms with Crippen LogP contribution in [0.2, 0.25) is 5.15 Å². The number of piperidine rings is 1. The summed E-state index contributed by atoms with van der Waals surface area (Å²) in [5.41, 5.74) is 3.54. The van der Waals surface area contributed by atoms with Crippen LogP contribution in [0, 0.1) is 13.8 Å². The van der Waals surface area contributed by atoms with Gasteiger partial charge in [-0.15, -0.1) is 0 Å². The molecule has 5 rings (SSSR count). The van der Waals surface area contributed by atoms with E-state index in [0.717, 1.165) is 49.6 Å². The predicted molar refractivity (Wildman–Crippen MR) is 153 cm³/mol. The minimum atomic E-state index is -0.0696. The number of nitrogens with zero attached hydrogens (tertiary/aromatic N) is 4. The van der Waals surface area contributed by atoms with Gasteiger partial charge in [-0.2, -0.15) is 0 Å². The lowest BCUT2D eigenvalue weighted by molar-refractivity contribution is 0.0930. The van der Waals surface area contributed by atoms with Gasteiger partial charge >= 0.3 is 0 Å². The van der Waals surface area contributed by atoms with Crippen molar-refractivity contribution in [1.82, 2.24) is 25.0 Å². The summed E-state index contributed by atoms with van der Waals surface area (Å²) in [7, 11) is 0. The number of thiocarbonyl (C=S) groups is 1. The summed E-state index contributed by atoms with van der Waals surface area (Å²) in [6.07, 6.45) is 5.70. The normalized spacial score (nSPS) is 21.9. The molecule has 1 saturated carbocycles. The highest BCUT2D eigenvalue weighted by atomic mass is 35.5. The maximum Gasteiger partial charge on any atom is 0.253 e. The van der Waals surface area contributed by atoms with Gasteiger partial charge in [-0.1, -0.05) is 41.9 Å². The van der Waals surface area contributed by atoms with Crippen LogP contribution in [0.4, 0.5) is 0 Å². The molecule has 3 fully saturated rings. The minimum absolute atomic E-state index is 0.0696. The molecular formula is C29H38ClN5OS. The summed E-state index contributed by atoms with van der Waals surface area (Å²) in [5, 5.41) is 4.58. The zero-order valence-electron chi connectivity index (χ0n) is 22.1. The van der Waals surface area contributed by atoms with Crippen molar-refractivity contribution in [3.63, 3.8) is 0 Å². The van der Waals surface area contributed by atoms with Crippen molar-refractivity contribution in [2.24, 2.45) is 0 Å². The number of rotatable bonds is 8. The average Bonchev–Trinajstić information content (AvgIpc) is 3.66. The van der Waals surface area contributed by atoms with Crippen LogP contribution in [0.1, 0.15) is 72.2 Å². The Labute approximate surface area is 231 Å². The molecule has 0 bridgehead atoms. The number of benzene rings is 1. The molecule has 198 valence electrons. The SMILES string of the molecule is Cc1cc(Cl)nc(C)c1C(=O)NCCC(C)N1CCC(N2C(=S)N(C3CC3)C[C@H]2c2ccccc2)CC1. The van der Waals surface area contributed by atoms with Crippen molar-refractivity contribution in [2.75, 3.05) is 26.2 Å². The molecule has 1 aliphatic carbocycles. The number of carbonyl (C=O) groups is 1. The third-order valence-electron chi connectivity index (χ3n) is 8.30. The fraction of sp³-hybridized carbons (Fsp3) is 0.552. The smallest absolute Gasteiger partial charge is 0.253 e. The number of hydrogen-bond donors (Lipinski definition) is 1. The quantitative estimate of drug-likeness (QED) is 0.371. The van der Waals surface area contributed by atoms with Crippen molar-refractivity contribution in [2.45, 2.75) is 77.0 Å². The van der Waals surface area contributed by atoms with E-state index in [9.17, 15) is 4.79 Å². The highest BCUT2D eigenvalue weighted by Gasteiger charge is 2.45. The third kappa shape index (κ3) is 5.79. The largest absolute Gasteiger partial charge is 0.352 e. The molecule has 3 aliphatic rings. The van der Waals surface area contributed by atoms with E-state index in [1.54, 1.807) is 6.07 Å². The van der Waals surface area contributed by atoms with E-state index >= 15 is 0 Å². The van der Waals surface area contributed by atoms with Crippen LogP contribution in [0.25, 0.3) is 0 Å². The Morgan fingerprint density at radius 2 is 1.84 bits per heavy atom. The molecule has 0 spiro atoms. The molecule has 0 radical (unpaired) electrons. The fourth-order valence-corrected chi connectivity index (χ4v) is 6.87. The Morgan fingerprint density at radius 1 is 1.14 bits per heavy atom. The highest BCUT2D eigenvalue weighted by Crippen LogP contribution is 2.40. The lowest BCUT2D eigenvalue weighted by Gasteiger charge is -2.42. The van der Waals surface area contributed by atoms with Crippen molar-refractivity contribution in [3.05, 3.63) is 63.9 Å². The van der Waals surface area contributed by atoms with Gasteiger partial charge in [0.2, 0.25) is 0 Å². The highest BCUT2D eigenvalue weighted by molar-refractivity contribution is 7.80. The molecular weight excluding hydrogens is 502 g/mol. The molecule has 1 aromatic heterocycles. The summed E-state index contributed by atoms with van der Waals surface area (Å²) in [6.45, 7) is 9.79. The van der Waals surface area contributed by atoms with E-state index in [1.165, 1.54) is 18.4 Å². The van der Waals surface area contributed by atoms with E-state index in [0.29, 0.717) is 47.1 Å². The van der Waals surface area contributed by atoms with E-state index in [2.05, 4.69) is 62.3 Å². The minimum Gasteiger partial charge on any atom is -0.352 e. The molecule has 2 aromatic rings. The first-order valence-electron chi connectivity index (χ1n) is 13.6. The molecule has 37 heavy (non-hydrogen) atoms. The van der Waals surface area contributed by atoms with Crippen LogP contribution in [-0.2, 0) is 0 Å². The summed E-state index contributed by atoms with van der Waals surface area (Å²) in [5.74, 6) is -0.0696. The molecule has 1 amide bonds. The summed E-state index contributed by atoms with van der Waals surface area (Å²) in [6, 6.07) is 14.5. The first-order valence-corrected chi connectivity index (χ1v) is 14.4. The van der Waals surface area contributed by atoms with Crippen LogP contribution >= 0.6 is 23.8 Å². The predicted octanol–water partition coefficient (Wildman–Crippen LogP) is 5.13. The second kappa shape index (κ2) is 11.3. The molecule has 2 saturated heterocycles. The molecule has 2 aliphatic heterocycles. The molecule has 8 heteroatoms. The topological polar surface area (TPSA) is 51.7 Å². The monoisotopic (exact) mass is 539 g/mol. The summed E-state index contributed by atoms with van der Waals surface area (Å²) >= 11 is 12.1. The van der Waals surface area contributed by atoms with Gasteiger partial charge in [0.25, 0.3) is 5.91 Å². The summed E-state index contributed by atoms with van der Waals surface area (Å²) in [4.78, 5) is 24.6. The van der Waals surface area contributed by atoms with Gasteiger partial charge in [0, 0.05) is 44.3 Å². The van der Waals surface area contributed by atoms with Gasteiger partial charge in [0.1, 0.15) is 5.15 Å². The van der Waals surface area contributed by atoms with Crippen molar-refractivity contribution < 1.29 is 4.79 Å². The van der Waals surface area contributed by atoms with Crippen LogP contribution in [0.3, 0.4) is 0 Å². The number of likely N-dealkylation sites (tertiary alicyclic amines) is 1. The van der Waals surface area contributed by atoms with Gasteiger partial charge < -0.3 is 20.0 Å². The number of aromatic nitrogens is 1. The van der Waals surface area contributed by atoms with E-state index in [-0.39, 0.29) is 5.91 Å². The van der Waals surface area contributed by atoms with E-state index in [1.807, 2.05) is 13.8 Å². The molecule has 1 unspecified atom stereocenters. The lowest BCUT2D eigenvalue weighted by atomic mass is 9.98. The molecule has 1 aromatic carbocycles. The maximum atomic E-state index is 12.8. The number of aryl methyl sites for hydroxylation is 2. The molecule has 3 heterocycles. The number of pyridine rings is 1. The van der Waals surface area contributed by atoms with Crippen LogP contribution in [-0.4, -0.2) is 75.0 Å². The zero-order chi connectivity index (χ0) is 26.1. The number of carbonyl (C=O) groups excluding carboxylic acids is 1. The third-order valence-corrected chi connectivity index (χ3v) is 8.94. The lowest BCUT2D eigenvalue weighted by Crippen LogP contribution is -2.49. The Kier molecular flexibility index (Phi) is 8.03. The Hall–Kier alpha value is -2.22. The number of hydrogen-bond acceptors (Lipinski definition) is 4. The standard InChI is InChI=1S/C29H38ClN5OS/c1-19-17-26(30)32-21(3)27(19)28(36)31-14-11-20(2)33-15-12-24(13-16-33)35-25(22-7-5-4-6-8-22)18-34(29(35)37)23-9-10-23/h4-8,17,20,23-25H,9-16,18H2,1-3H3,(H,31,36)/t20?,25-/m0/s1. The molecule has 6 nitrogen and oxygen atoms in total. The van der Waals surface area contributed by atoms with Crippen molar-refractivity contribution in [3.8, 4) is 0 Å². The Bertz CT molecular complexity index is 1110. The van der Waals surface area contributed by atoms with Crippen molar-refractivity contribution in [1.29, 1.82) is 0 Å². The fourth-order valence-electron chi connectivity index (χ4n) is 6.08. The van der Waals surface area contributed by atoms with E-state index < -0.39 is 0 Å². The van der Waals surface area contributed by atoms with Crippen LogP contribution in [0.5, 0.6) is 0 Å². The molecule has 2 atom stereocenters. The van der Waals surface area contributed by atoms with Crippen LogP contribution < -0.4 is 5.32 Å². The van der Waals surface area contributed by atoms with Gasteiger partial charge in [-0.25, -0.2) is 4.98 Å². The number of halogens is 1. The number of nitrogens with one attached hydrogen (secondary N) is 1. The van der Waals surface area contributed by atoms with Gasteiger partial charge in [0.05, 0.1) is 17.3 Å². The zero-order valence-corrected chi connectivity index (χ0v) is 23.7. The number of amides is 1. The first-order chi connectivity index (χ1) is 17.8. The Balaban J connectivity index is 1.14. The van der Waals surface area contributed by atoms with Crippen LogP contribution in [0.15, 0.2) is 36.4 Å². The van der Waals surface area contributed by atoms with Gasteiger partial charge in [-0.3, -0.25) is 4.79 Å². The van der Waals surface area contributed by atoms with Crippen molar-refractivity contribution >= 4 is 34.8 Å². The maximum absolute atomic E-state index is 12.8. The Morgan fingerprint density at radius 3 is 2.49 bits per heavy atom. The molecule has 1 N–H and O–H groups in total. The second-order valence-electron chi connectivity index (χ2n) is 10.9. The average molecular weight is 540 g/mol. The first kappa shape index (κ1) is 26.4. The van der Waals surface area contributed by atoms with Gasteiger partial charge in [-0.05, 0) is 82.3 Å². The summed E-state index contributed by atoms with van der Waals surface area (Å²) < 4.78 is 0.